The van der Waals surface area contributed by atoms with Crippen LogP contribution < -0.4 is 11.1 Å². The number of nitrogens with two attached hydrogens (primary N) is 1. The Bertz CT molecular complexity index is 316. The molecule has 2 heterocycles. The normalized spacial score (nSPS) is 30.8. The van der Waals surface area contributed by atoms with Gasteiger partial charge in [0, 0.05) is 25.7 Å². The first-order valence-corrected chi connectivity index (χ1v) is 5.88. The van der Waals surface area contributed by atoms with E-state index in [1.807, 2.05) is 0 Å². The van der Waals surface area contributed by atoms with Crippen LogP contribution in [-0.2, 0) is 9.53 Å². The molecule has 8 heteroatoms. The zero-order valence-electron chi connectivity index (χ0n) is 9.74. The minimum Gasteiger partial charge on any atom is -0.340 e. The van der Waals surface area contributed by atoms with Crippen LogP contribution in [0.1, 0.15) is 12.8 Å². The molecule has 0 radical (unpaired) electrons. The molecule has 0 spiro atoms. The monoisotopic (exact) mass is 267 g/mol. The fourth-order valence-corrected chi connectivity index (χ4v) is 2.14. The van der Waals surface area contributed by atoms with E-state index in [0.29, 0.717) is 25.9 Å². The van der Waals surface area contributed by atoms with Gasteiger partial charge in [-0.2, -0.15) is 13.2 Å². The van der Waals surface area contributed by atoms with Crippen LogP contribution in [0.2, 0.25) is 0 Å². The van der Waals surface area contributed by atoms with E-state index in [4.69, 9.17) is 10.5 Å². The molecule has 3 N–H and O–H groups in total. The predicted molar refractivity (Wildman–Crippen MR) is 56.5 cm³/mol. The smallest absolute Gasteiger partial charge is 0.340 e. The van der Waals surface area contributed by atoms with Gasteiger partial charge in [0.25, 0.3) is 5.91 Å². The van der Waals surface area contributed by atoms with E-state index in [2.05, 4.69) is 5.32 Å². The Labute approximate surface area is 102 Å². The Hall–Kier alpha value is -0.860. The van der Waals surface area contributed by atoms with Crippen molar-refractivity contribution in [2.75, 3.05) is 19.6 Å². The van der Waals surface area contributed by atoms with Gasteiger partial charge in [-0.25, -0.2) is 0 Å². The van der Waals surface area contributed by atoms with E-state index in [9.17, 15) is 18.0 Å². The van der Waals surface area contributed by atoms with Crippen molar-refractivity contribution in [1.82, 2.24) is 10.2 Å². The second-order valence-electron chi connectivity index (χ2n) is 4.62. The quantitative estimate of drug-likeness (QED) is 0.691. The van der Waals surface area contributed by atoms with E-state index in [-0.39, 0.29) is 18.5 Å². The van der Waals surface area contributed by atoms with E-state index in [1.165, 1.54) is 4.90 Å². The number of rotatable bonds is 1. The number of nitrogens with one attached hydrogen (secondary N) is 1. The molecule has 2 rings (SSSR count). The highest BCUT2D eigenvalue weighted by molar-refractivity contribution is 5.81. The minimum atomic E-state index is -4.49. The molecule has 0 aliphatic carbocycles. The molecule has 2 aliphatic heterocycles. The maximum Gasteiger partial charge on any atom is 0.428 e. The molecule has 104 valence electrons. The molecule has 0 aromatic carbocycles. The Kier molecular flexibility index (Phi) is 3.79. The number of amides is 1. The third-order valence-corrected chi connectivity index (χ3v) is 3.21. The van der Waals surface area contributed by atoms with Crippen LogP contribution in [0.4, 0.5) is 13.2 Å². The number of hydrogen-bond acceptors (Lipinski definition) is 4. The number of hydrogen-bond donors (Lipinski definition) is 2. The van der Waals surface area contributed by atoms with E-state index >= 15 is 0 Å². The minimum absolute atomic E-state index is 0.0691. The topological polar surface area (TPSA) is 67.6 Å². The molecule has 2 saturated heterocycles. The number of carbonyl (C=O) groups excluding carboxylic acids is 1. The average molecular weight is 267 g/mol. The summed E-state index contributed by atoms with van der Waals surface area (Å²) in [7, 11) is 0. The van der Waals surface area contributed by atoms with Gasteiger partial charge in [0.2, 0.25) is 6.23 Å². The van der Waals surface area contributed by atoms with Gasteiger partial charge in [-0.15, -0.1) is 0 Å². The van der Waals surface area contributed by atoms with Crippen molar-refractivity contribution in [1.29, 1.82) is 0 Å². The Morgan fingerprint density at radius 3 is 2.44 bits per heavy atom. The fraction of sp³-hybridized carbons (Fsp3) is 0.900. The molecule has 2 aliphatic rings. The highest BCUT2D eigenvalue weighted by atomic mass is 19.4. The van der Waals surface area contributed by atoms with E-state index in [1.54, 1.807) is 0 Å². The molecule has 0 aromatic rings. The van der Waals surface area contributed by atoms with Gasteiger partial charge in [0.05, 0.1) is 0 Å². The van der Waals surface area contributed by atoms with Gasteiger partial charge in [0.15, 0.2) is 6.10 Å². The molecule has 0 unspecified atom stereocenters. The Balaban J connectivity index is 1.88. The largest absolute Gasteiger partial charge is 0.428 e. The molecule has 0 aromatic heterocycles. The number of halogens is 3. The van der Waals surface area contributed by atoms with Gasteiger partial charge in [0.1, 0.15) is 0 Å². The molecule has 0 saturated carbocycles. The summed E-state index contributed by atoms with van der Waals surface area (Å²) in [6, 6.07) is 0.0691. The average Bonchev–Trinajstić information content (AvgIpc) is 2.78. The van der Waals surface area contributed by atoms with Crippen LogP contribution in [0.5, 0.6) is 0 Å². The molecule has 1 amide bonds. The number of piperidine rings is 1. The standard InChI is InChI=1S/C10H16F3N3O2/c11-10(12,13)9-15-5-7(18-9)8(17)16-3-1-6(14)2-4-16/h6-7,9,15H,1-5,14H2/t7-,9+/m0/s1. The van der Waals surface area contributed by atoms with Crippen molar-refractivity contribution in [2.45, 2.75) is 37.4 Å². The number of ether oxygens (including phenoxy) is 1. The van der Waals surface area contributed by atoms with Crippen molar-refractivity contribution in [3.8, 4) is 0 Å². The summed E-state index contributed by atoms with van der Waals surface area (Å²) in [5.74, 6) is -0.388. The number of carbonyl (C=O) groups is 1. The third-order valence-electron chi connectivity index (χ3n) is 3.21. The van der Waals surface area contributed by atoms with E-state index in [0.717, 1.165) is 0 Å². The lowest BCUT2D eigenvalue weighted by atomic mass is 10.1. The summed E-state index contributed by atoms with van der Waals surface area (Å²) in [6.45, 7) is 0.860. The summed E-state index contributed by atoms with van der Waals surface area (Å²) in [4.78, 5) is 13.5. The Morgan fingerprint density at radius 1 is 1.33 bits per heavy atom. The van der Waals surface area contributed by atoms with Gasteiger partial charge >= 0.3 is 6.18 Å². The molecule has 5 nitrogen and oxygen atoms in total. The van der Waals surface area contributed by atoms with Crippen LogP contribution in [-0.4, -0.2) is 55.0 Å². The SMILES string of the molecule is NC1CCN(C(=O)[C@@H]2CN[C@@H](C(F)(F)F)O2)CC1. The molecule has 2 atom stereocenters. The number of alkyl halides is 3. The van der Waals surface area contributed by atoms with Crippen molar-refractivity contribution in [2.24, 2.45) is 5.73 Å². The summed E-state index contributed by atoms with van der Waals surface area (Å²) >= 11 is 0. The van der Waals surface area contributed by atoms with E-state index < -0.39 is 18.5 Å². The van der Waals surface area contributed by atoms with Crippen LogP contribution in [0, 0.1) is 0 Å². The van der Waals surface area contributed by atoms with Gasteiger partial charge in [-0.1, -0.05) is 0 Å². The maximum absolute atomic E-state index is 12.4. The van der Waals surface area contributed by atoms with Gasteiger partial charge in [-0.05, 0) is 12.8 Å². The van der Waals surface area contributed by atoms with Gasteiger partial charge < -0.3 is 15.4 Å². The first-order chi connectivity index (χ1) is 8.38. The Morgan fingerprint density at radius 2 is 1.94 bits per heavy atom. The predicted octanol–water partition coefficient (Wildman–Crippen LogP) is -0.187. The van der Waals surface area contributed by atoms with Crippen LogP contribution in [0.3, 0.4) is 0 Å². The van der Waals surface area contributed by atoms with Crippen LogP contribution in [0.15, 0.2) is 0 Å². The second-order valence-corrected chi connectivity index (χ2v) is 4.62. The highest BCUT2D eigenvalue weighted by Crippen LogP contribution is 2.26. The lowest BCUT2D eigenvalue weighted by Crippen LogP contribution is -2.47. The van der Waals surface area contributed by atoms with Crippen molar-refractivity contribution in [3.05, 3.63) is 0 Å². The highest BCUT2D eigenvalue weighted by Gasteiger charge is 2.47. The summed E-state index contributed by atoms with van der Waals surface area (Å²) in [6.07, 6.45) is -6.23. The first kappa shape index (κ1) is 13.6. The second kappa shape index (κ2) is 5.02. The maximum atomic E-state index is 12.4. The van der Waals surface area contributed by atoms with Crippen molar-refractivity contribution < 1.29 is 22.7 Å². The molecular formula is C10H16F3N3O2. The lowest BCUT2D eigenvalue weighted by molar-refractivity contribution is -0.221. The van der Waals surface area contributed by atoms with Crippen LogP contribution in [0.25, 0.3) is 0 Å². The van der Waals surface area contributed by atoms with Gasteiger partial charge in [-0.3, -0.25) is 10.1 Å². The summed E-state index contributed by atoms with van der Waals surface area (Å²) in [5.41, 5.74) is 5.70. The summed E-state index contributed by atoms with van der Waals surface area (Å²) < 4.78 is 41.8. The fourth-order valence-electron chi connectivity index (χ4n) is 2.14. The molecule has 18 heavy (non-hydrogen) atoms. The third kappa shape index (κ3) is 2.93. The number of nitrogens with zero attached hydrogens (tertiary/aromatic N) is 1. The molecular weight excluding hydrogens is 251 g/mol. The van der Waals surface area contributed by atoms with Crippen molar-refractivity contribution >= 4 is 5.91 Å². The number of likely N-dealkylation sites (tertiary alicyclic amines) is 1. The molecule has 2 fully saturated rings. The first-order valence-electron chi connectivity index (χ1n) is 5.88. The summed E-state index contributed by atoms with van der Waals surface area (Å²) in [5, 5.41) is 2.16. The zero-order chi connectivity index (χ0) is 13.3. The van der Waals surface area contributed by atoms with Crippen molar-refractivity contribution in [3.63, 3.8) is 0 Å². The molecule has 0 bridgehead atoms. The van der Waals surface area contributed by atoms with Crippen LogP contribution >= 0.6 is 0 Å². The lowest BCUT2D eigenvalue weighted by Gasteiger charge is -2.31. The zero-order valence-corrected chi connectivity index (χ0v) is 9.74.